The van der Waals surface area contributed by atoms with E-state index in [1.165, 1.54) is 31.8 Å². The molecule has 0 aromatic carbocycles. The van der Waals surface area contributed by atoms with E-state index in [4.69, 9.17) is 9.47 Å². The lowest BCUT2D eigenvalue weighted by Gasteiger charge is -2.01. The van der Waals surface area contributed by atoms with Crippen LogP contribution in [0.2, 0.25) is 0 Å². The van der Waals surface area contributed by atoms with Gasteiger partial charge in [-0.25, -0.2) is 9.31 Å². The maximum absolute atomic E-state index is 11.7. The third kappa shape index (κ3) is 2.55. The second-order valence-electron chi connectivity index (χ2n) is 3.99. The van der Waals surface area contributed by atoms with Gasteiger partial charge in [0.2, 0.25) is 4.96 Å². The van der Waals surface area contributed by atoms with Crippen LogP contribution in [0.25, 0.3) is 21.2 Å². The van der Waals surface area contributed by atoms with Crippen LogP contribution in [-0.2, 0) is 14.3 Å². The summed E-state index contributed by atoms with van der Waals surface area (Å²) < 4.78 is 11.3. The lowest BCUT2D eigenvalue weighted by atomic mass is 10.3. The Labute approximate surface area is 128 Å². The average Bonchev–Trinajstić information content (AvgIpc) is 3.17. The van der Waals surface area contributed by atoms with Gasteiger partial charge < -0.3 is 9.47 Å². The molecule has 0 saturated carbocycles. The number of hydrogen-bond acceptors (Lipinski definition) is 7. The molecule has 6 nitrogen and oxygen atoms in total. The highest BCUT2D eigenvalue weighted by Crippen LogP contribution is 2.28. The van der Waals surface area contributed by atoms with Crippen molar-refractivity contribution in [1.29, 1.82) is 0 Å². The van der Waals surface area contributed by atoms with E-state index in [-0.39, 0.29) is 0 Å². The van der Waals surface area contributed by atoms with Crippen LogP contribution in [0.4, 0.5) is 0 Å². The Morgan fingerprint density at radius 1 is 1.43 bits per heavy atom. The Hall–Kier alpha value is -2.19. The van der Waals surface area contributed by atoms with Crippen molar-refractivity contribution in [1.82, 2.24) is 14.6 Å². The number of carbonyl (C=O) groups excluding carboxylic acids is 1. The summed E-state index contributed by atoms with van der Waals surface area (Å²) in [6.07, 6.45) is 3.10. The van der Waals surface area contributed by atoms with Crippen LogP contribution < -0.4 is 0 Å². The molecular weight excluding hydrogens is 310 g/mol. The van der Waals surface area contributed by atoms with Crippen molar-refractivity contribution in [2.45, 2.75) is 0 Å². The van der Waals surface area contributed by atoms with Crippen molar-refractivity contribution in [3.63, 3.8) is 0 Å². The normalized spacial score (nSPS) is 11.8. The predicted molar refractivity (Wildman–Crippen MR) is 81.2 cm³/mol. The number of methoxy groups -OCH3 is 2. The molecule has 0 radical (unpaired) electrons. The van der Waals surface area contributed by atoms with Crippen molar-refractivity contribution in [3.8, 4) is 10.7 Å². The second kappa shape index (κ2) is 5.66. The Morgan fingerprint density at radius 2 is 2.29 bits per heavy atom. The van der Waals surface area contributed by atoms with Crippen molar-refractivity contribution in [2.75, 3.05) is 14.2 Å². The van der Waals surface area contributed by atoms with Gasteiger partial charge in [0.25, 0.3) is 0 Å². The monoisotopic (exact) mass is 321 g/mol. The summed E-state index contributed by atoms with van der Waals surface area (Å²) in [7, 11) is 2.81. The summed E-state index contributed by atoms with van der Waals surface area (Å²) in [4.78, 5) is 18.6. The molecule has 108 valence electrons. The summed E-state index contributed by atoms with van der Waals surface area (Å²) in [5.74, 6) is 0.220. The van der Waals surface area contributed by atoms with E-state index in [1.807, 2.05) is 17.5 Å². The maximum Gasteiger partial charge on any atom is 0.342 e. The van der Waals surface area contributed by atoms with Crippen molar-refractivity contribution >= 4 is 39.2 Å². The molecule has 3 heterocycles. The minimum absolute atomic E-state index is 0.343. The molecular formula is C13H11N3O3S2. The zero-order valence-electron chi connectivity index (χ0n) is 11.3. The number of carbonyl (C=O) groups is 1. The highest BCUT2D eigenvalue weighted by Gasteiger charge is 2.18. The van der Waals surface area contributed by atoms with Gasteiger partial charge in [-0.3, -0.25) is 0 Å². The third-order valence-corrected chi connectivity index (χ3v) is 4.56. The smallest absolute Gasteiger partial charge is 0.342 e. The van der Waals surface area contributed by atoms with Gasteiger partial charge in [-0.1, -0.05) is 17.4 Å². The maximum atomic E-state index is 11.7. The molecule has 0 saturated heterocycles. The number of rotatable bonds is 4. The lowest BCUT2D eigenvalue weighted by Crippen LogP contribution is -2.03. The molecule has 0 bridgehead atoms. The van der Waals surface area contributed by atoms with Crippen LogP contribution in [0, 0.1) is 0 Å². The number of aromatic nitrogens is 3. The van der Waals surface area contributed by atoms with Crippen molar-refractivity contribution in [2.24, 2.45) is 0 Å². The van der Waals surface area contributed by atoms with Gasteiger partial charge in [0.1, 0.15) is 5.57 Å². The van der Waals surface area contributed by atoms with Gasteiger partial charge in [0, 0.05) is 0 Å². The van der Waals surface area contributed by atoms with Crippen molar-refractivity contribution < 1.29 is 14.3 Å². The molecule has 0 atom stereocenters. The van der Waals surface area contributed by atoms with E-state index < -0.39 is 5.97 Å². The molecule has 8 heteroatoms. The van der Waals surface area contributed by atoms with Gasteiger partial charge in [-0.15, -0.1) is 16.4 Å². The molecule has 0 spiro atoms. The van der Waals surface area contributed by atoms with Gasteiger partial charge in [-0.2, -0.15) is 4.98 Å². The first-order valence-corrected chi connectivity index (χ1v) is 7.64. The quantitative estimate of drug-likeness (QED) is 0.420. The van der Waals surface area contributed by atoms with E-state index in [9.17, 15) is 4.79 Å². The van der Waals surface area contributed by atoms with Crippen LogP contribution in [-0.4, -0.2) is 34.8 Å². The predicted octanol–water partition coefficient (Wildman–Crippen LogP) is 2.68. The van der Waals surface area contributed by atoms with E-state index in [0.717, 1.165) is 4.88 Å². The average molecular weight is 321 g/mol. The Balaban J connectivity index is 2.00. The van der Waals surface area contributed by atoms with E-state index >= 15 is 0 Å². The topological polar surface area (TPSA) is 65.7 Å². The minimum Gasteiger partial charge on any atom is -0.503 e. The molecule has 0 aliphatic rings. The highest BCUT2D eigenvalue weighted by molar-refractivity contribution is 7.18. The molecule has 0 unspecified atom stereocenters. The van der Waals surface area contributed by atoms with E-state index in [0.29, 0.717) is 21.2 Å². The van der Waals surface area contributed by atoms with Crippen LogP contribution in [0.5, 0.6) is 0 Å². The number of ether oxygens (including phenoxy) is 2. The third-order valence-electron chi connectivity index (χ3n) is 2.69. The lowest BCUT2D eigenvalue weighted by molar-refractivity contribution is -0.133. The fourth-order valence-corrected chi connectivity index (χ4v) is 3.33. The second-order valence-corrected chi connectivity index (χ2v) is 5.95. The van der Waals surface area contributed by atoms with Gasteiger partial charge in [0.05, 0.1) is 36.4 Å². The van der Waals surface area contributed by atoms with Gasteiger partial charge in [0.15, 0.2) is 5.82 Å². The molecule has 3 aromatic rings. The van der Waals surface area contributed by atoms with Crippen molar-refractivity contribution in [3.05, 3.63) is 34.8 Å². The standard InChI is InChI=1S/C13H11N3O3S2/c1-18-7-8(12(17)19-2)10-6-16-13(21-10)14-11(15-16)9-4-3-5-20-9/h3-7H,1-2H3/b8-7+. The Kier molecular flexibility index (Phi) is 3.72. The SMILES string of the molecule is CO/C=C(/C(=O)OC)c1cn2nc(-c3cccs3)nc2s1. The number of fused-ring (bicyclic) bond motifs is 1. The molecule has 0 N–H and O–H groups in total. The Morgan fingerprint density at radius 3 is 2.90 bits per heavy atom. The number of nitrogens with zero attached hydrogens (tertiary/aromatic N) is 3. The first-order chi connectivity index (χ1) is 10.2. The summed E-state index contributed by atoms with van der Waals surface area (Å²) in [5, 5.41) is 6.39. The molecule has 0 fully saturated rings. The van der Waals surface area contributed by atoms with Gasteiger partial charge in [-0.05, 0) is 11.4 Å². The molecule has 0 aliphatic carbocycles. The summed E-state index contributed by atoms with van der Waals surface area (Å²) in [6, 6.07) is 3.92. The molecule has 3 aromatic heterocycles. The van der Waals surface area contributed by atoms with Crippen LogP contribution in [0.15, 0.2) is 30.0 Å². The fourth-order valence-electron chi connectivity index (χ4n) is 1.77. The van der Waals surface area contributed by atoms with Gasteiger partial charge >= 0.3 is 5.97 Å². The molecule has 21 heavy (non-hydrogen) atoms. The Bertz CT molecular complexity index is 770. The summed E-state index contributed by atoms with van der Waals surface area (Å²) in [6.45, 7) is 0. The zero-order valence-corrected chi connectivity index (χ0v) is 12.9. The zero-order chi connectivity index (χ0) is 14.8. The van der Waals surface area contributed by atoms with Crippen LogP contribution >= 0.6 is 22.7 Å². The van der Waals surface area contributed by atoms with E-state index in [1.54, 1.807) is 22.0 Å². The first-order valence-electron chi connectivity index (χ1n) is 5.94. The van der Waals surface area contributed by atoms with E-state index in [2.05, 4.69) is 10.1 Å². The highest BCUT2D eigenvalue weighted by atomic mass is 32.1. The largest absolute Gasteiger partial charge is 0.503 e. The minimum atomic E-state index is -0.458. The van der Waals surface area contributed by atoms with Crippen LogP contribution in [0.1, 0.15) is 4.88 Å². The molecule has 0 amide bonds. The molecule has 0 aliphatic heterocycles. The summed E-state index contributed by atoms with van der Waals surface area (Å²) in [5.41, 5.74) is 0.343. The number of thiophene rings is 1. The summed E-state index contributed by atoms with van der Waals surface area (Å²) >= 11 is 2.93. The molecule has 3 rings (SSSR count). The number of thiazole rings is 1. The number of hydrogen-bond donors (Lipinski definition) is 0. The number of esters is 1. The first kappa shape index (κ1) is 13.8. The fraction of sp³-hybridized carbons (Fsp3) is 0.154. The van der Waals surface area contributed by atoms with Crippen LogP contribution in [0.3, 0.4) is 0 Å².